The molecule has 0 saturated carbocycles. The van der Waals surface area contributed by atoms with Crippen molar-refractivity contribution < 1.29 is 34.0 Å². The van der Waals surface area contributed by atoms with Crippen LogP contribution in [0, 0.1) is 20.2 Å². The highest BCUT2D eigenvalue weighted by Crippen LogP contribution is 2.36. The summed E-state index contributed by atoms with van der Waals surface area (Å²) in [5.41, 5.74) is 1.53. The Morgan fingerprint density at radius 1 is 1.21 bits per heavy atom. The second kappa shape index (κ2) is 12.4. The third-order valence-corrected chi connectivity index (χ3v) is 5.46. The molecule has 1 aliphatic rings. The van der Waals surface area contributed by atoms with Gasteiger partial charge >= 0.3 is 17.3 Å². The number of esters is 1. The molecular formula is C23H22N6O9S. The van der Waals surface area contributed by atoms with E-state index in [1.54, 1.807) is 38.1 Å². The Balaban J connectivity index is 1.74. The third-order valence-electron chi connectivity index (χ3n) is 5.24. The second-order valence-electron chi connectivity index (χ2n) is 7.83. The lowest BCUT2D eigenvalue weighted by atomic mass is 9.95. The lowest BCUT2D eigenvalue weighted by Gasteiger charge is -2.30. The van der Waals surface area contributed by atoms with Crippen LogP contribution in [0.2, 0.25) is 0 Å². The standard InChI is InChI=1S/C23H22N6O9S/c1-3-37-22(32)19-12(2)25-23(39)26-20(19)14-6-4-5-7-17(14)38-11-18(30)27-24-10-13-8-15(28(33)34)21(31)16(9-13)29(35)36/h4-10,20,31H,3,11H2,1-2H3,(H,27,30)(H2,25,26,39)/t20-/m1/s1. The fourth-order valence-electron chi connectivity index (χ4n) is 3.59. The molecule has 0 aliphatic carbocycles. The molecule has 15 nitrogen and oxygen atoms in total. The number of carbonyl (C=O) groups excluding carboxylic acids is 2. The number of allylic oxidation sites excluding steroid dienone is 1. The number of carbonyl (C=O) groups is 2. The summed E-state index contributed by atoms with van der Waals surface area (Å²) in [6.07, 6.45) is 0.935. The van der Waals surface area contributed by atoms with Crippen LogP contribution in [0.15, 0.2) is 52.8 Å². The molecule has 0 radical (unpaired) electrons. The molecule has 1 atom stereocenters. The van der Waals surface area contributed by atoms with Crippen LogP contribution >= 0.6 is 12.2 Å². The molecule has 2 aromatic rings. The smallest absolute Gasteiger partial charge is 0.338 e. The average molecular weight is 559 g/mol. The summed E-state index contributed by atoms with van der Waals surface area (Å²) in [4.78, 5) is 45.1. The zero-order valence-corrected chi connectivity index (χ0v) is 21.3. The Morgan fingerprint density at radius 3 is 2.46 bits per heavy atom. The number of phenolic OH excluding ortho intramolecular Hbond substituents is 1. The van der Waals surface area contributed by atoms with E-state index in [2.05, 4.69) is 21.2 Å². The van der Waals surface area contributed by atoms with Crippen molar-refractivity contribution in [3.05, 3.63) is 79.0 Å². The van der Waals surface area contributed by atoms with Crippen LogP contribution < -0.4 is 20.8 Å². The zero-order chi connectivity index (χ0) is 28.7. The Bertz CT molecular complexity index is 1370. The van der Waals surface area contributed by atoms with Gasteiger partial charge in [-0.15, -0.1) is 0 Å². The van der Waals surface area contributed by atoms with Gasteiger partial charge in [0.1, 0.15) is 5.75 Å². The SMILES string of the molecule is CCOC(=O)C1=C(C)NC(=S)N[C@@H]1c1ccccc1OCC(=O)NN=Cc1cc([N+](=O)[O-])c(O)c([N+](=O)[O-])c1. The summed E-state index contributed by atoms with van der Waals surface area (Å²) in [5.74, 6) is -2.12. The highest BCUT2D eigenvalue weighted by atomic mass is 32.1. The van der Waals surface area contributed by atoms with Gasteiger partial charge in [-0.05, 0) is 32.1 Å². The minimum Gasteiger partial charge on any atom is -0.497 e. The first kappa shape index (κ1) is 28.5. The molecule has 0 unspecified atom stereocenters. The van der Waals surface area contributed by atoms with E-state index in [4.69, 9.17) is 21.7 Å². The van der Waals surface area contributed by atoms with Crippen molar-refractivity contribution in [2.24, 2.45) is 5.10 Å². The van der Waals surface area contributed by atoms with Crippen LogP contribution in [-0.2, 0) is 14.3 Å². The van der Waals surface area contributed by atoms with Crippen molar-refractivity contribution in [3.8, 4) is 11.5 Å². The maximum atomic E-state index is 12.6. The number of thiocarbonyl (C=S) groups is 1. The fourth-order valence-corrected chi connectivity index (χ4v) is 3.86. The van der Waals surface area contributed by atoms with E-state index < -0.39 is 51.5 Å². The molecule has 2 aromatic carbocycles. The number of hydrogen-bond acceptors (Lipinski definition) is 11. The van der Waals surface area contributed by atoms with Crippen LogP contribution in [0.25, 0.3) is 0 Å². The largest absolute Gasteiger partial charge is 0.497 e. The number of nitrogens with zero attached hydrogens (tertiary/aromatic N) is 3. The first-order valence-corrected chi connectivity index (χ1v) is 11.6. The number of nitro benzene ring substituents is 2. The predicted molar refractivity (Wildman–Crippen MR) is 140 cm³/mol. The minimum atomic E-state index is -1.10. The van der Waals surface area contributed by atoms with E-state index >= 15 is 0 Å². The normalized spacial score (nSPS) is 14.8. The predicted octanol–water partition coefficient (Wildman–Crippen LogP) is 2.09. The number of phenols is 1. The van der Waals surface area contributed by atoms with Crippen LogP contribution in [0.3, 0.4) is 0 Å². The van der Waals surface area contributed by atoms with Crippen molar-refractivity contribution in [2.75, 3.05) is 13.2 Å². The summed E-state index contributed by atoms with van der Waals surface area (Å²) in [5, 5.41) is 41.6. The number of para-hydroxylation sites is 1. The number of ether oxygens (including phenoxy) is 2. The van der Waals surface area contributed by atoms with Gasteiger partial charge in [0.15, 0.2) is 11.7 Å². The van der Waals surface area contributed by atoms with E-state index in [0.717, 1.165) is 18.3 Å². The summed E-state index contributed by atoms with van der Waals surface area (Å²) < 4.78 is 10.8. The molecule has 4 N–H and O–H groups in total. The number of hydrazone groups is 1. The van der Waals surface area contributed by atoms with E-state index in [9.17, 15) is 34.9 Å². The summed E-state index contributed by atoms with van der Waals surface area (Å²) in [7, 11) is 0. The van der Waals surface area contributed by atoms with Gasteiger partial charge < -0.3 is 25.2 Å². The number of nitro groups is 2. The van der Waals surface area contributed by atoms with Crippen molar-refractivity contribution in [1.82, 2.24) is 16.1 Å². The van der Waals surface area contributed by atoms with E-state index in [0.29, 0.717) is 11.3 Å². The molecule has 0 fully saturated rings. The molecule has 204 valence electrons. The quantitative estimate of drug-likeness (QED) is 0.109. The average Bonchev–Trinajstić information content (AvgIpc) is 2.87. The summed E-state index contributed by atoms with van der Waals surface area (Å²) >= 11 is 5.24. The number of hydrogen-bond donors (Lipinski definition) is 4. The Kier molecular flexibility index (Phi) is 9.06. The first-order valence-electron chi connectivity index (χ1n) is 11.2. The molecule has 1 aliphatic heterocycles. The van der Waals surface area contributed by atoms with Crippen molar-refractivity contribution >= 4 is 46.8 Å². The second-order valence-corrected chi connectivity index (χ2v) is 8.24. The van der Waals surface area contributed by atoms with Gasteiger partial charge in [0.25, 0.3) is 11.7 Å². The molecule has 3 rings (SSSR count). The molecule has 0 aromatic heterocycles. The number of amides is 1. The van der Waals surface area contributed by atoms with Crippen LogP contribution in [0.1, 0.15) is 31.0 Å². The molecule has 0 spiro atoms. The number of nitrogens with one attached hydrogen (secondary N) is 3. The topological polar surface area (TPSA) is 208 Å². The van der Waals surface area contributed by atoms with Crippen LogP contribution in [0.4, 0.5) is 11.4 Å². The number of aromatic hydroxyl groups is 1. The molecule has 16 heteroatoms. The van der Waals surface area contributed by atoms with Gasteiger partial charge in [0.05, 0.1) is 34.3 Å². The van der Waals surface area contributed by atoms with E-state index in [-0.39, 0.29) is 28.6 Å². The van der Waals surface area contributed by atoms with Gasteiger partial charge in [-0.3, -0.25) is 25.0 Å². The Morgan fingerprint density at radius 2 is 1.85 bits per heavy atom. The lowest BCUT2D eigenvalue weighted by molar-refractivity contribution is -0.396. The Hall–Kier alpha value is -5.12. The van der Waals surface area contributed by atoms with Crippen LogP contribution in [-0.4, -0.2) is 51.4 Å². The zero-order valence-electron chi connectivity index (χ0n) is 20.5. The van der Waals surface area contributed by atoms with E-state index in [1.807, 2.05) is 0 Å². The lowest BCUT2D eigenvalue weighted by Crippen LogP contribution is -2.45. The fraction of sp³-hybridized carbons (Fsp3) is 0.217. The molecule has 0 bridgehead atoms. The van der Waals surface area contributed by atoms with Crippen LogP contribution in [0.5, 0.6) is 11.5 Å². The van der Waals surface area contributed by atoms with Gasteiger partial charge in [-0.25, -0.2) is 10.2 Å². The van der Waals surface area contributed by atoms with Crippen molar-refractivity contribution in [2.45, 2.75) is 19.9 Å². The molecule has 39 heavy (non-hydrogen) atoms. The highest BCUT2D eigenvalue weighted by Gasteiger charge is 2.32. The minimum absolute atomic E-state index is 0.112. The van der Waals surface area contributed by atoms with Gasteiger partial charge in [-0.2, -0.15) is 5.10 Å². The first-order chi connectivity index (χ1) is 18.5. The Labute approximate surface area is 225 Å². The monoisotopic (exact) mass is 558 g/mol. The summed E-state index contributed by atoms with van der Waals surface area (Å²) in [6.45, 7) is 3.01. The molecule has 1 amide bonds. The van der Waals surface area contributed by atoms with Gasteiger partial charge in [0.2, 0.25) is 0 Å². The van der Waals surface area contributed by atoms with Gasteiger partial charge in [-0.1, -0.05) is 18.2 Å². The number of benzene rings is 2. The van der Waals surface area contributed by atoms with Crippen molar-refractivity contribution in [1.29, 1.82) is 0 Å². The molecule has 1 heterocycles. The number of rotatable bonds is 10. The molecule has 0 saturated heterocycles. The third kappa shape index (κ3) is 6.80. The van der Waals surface area contributed by atoms with Gasteiger partial charge in [0, 0.05) is 29.0 Å². The maximum Gasteiger partial charge on any atom is 0.338 e. The van der Waals surface area contributed by atoms with E-state index in [1.165, 1.54) is 0 Å². The van der Waals surface area contributed by atoms with Crippen molar-refractivity contribution in [3.63, 3.8) is 0 Å². The highest BCUT2D eigenvalue weighted by molar-refractivity contribution is 7.80. The summed E-state index contributed by atoms with van der Waals surface area (Å²) in [6, 6.07) is 7.65. The maximum absolute atomic E-state index is 12.6. The molecular weight excluding hydrogens is 536 g/mol.